The number of rotatable bonds is 2. The monoisotopic (exact) mass is 251 g/mol. The first-order chi connectivity index (χ1) is 8.22. The Morgan fingerprint density at radius 2 is 2.18 bits per heavy atom. The van der Waals surface area contributed by atoms with Crippen molar-refractivity contribution < 1.29 is 9.59 Å². The molecule has 2 rings (SSSR count). The maximum Gasteiger partial charge on any atom is 0.255 e. The Morgan fingerprint density at radius 1 is 1.41 bits per heavy atom. The van der Waals surface area contributed by atoms with E-state index in [9.17, 15) is 9.59 Å². The molecule has 1 aliphatic heterocycles. The number of nitrogens with zero attached hydrogens (tertiary/aromatic N) is 1. The first-order valence-corrected chi connectivity index (χ1v) is 6.09. The van der Waals surface area contributed by atoms with E-state index in [1.807, 2.05) is 0 Å². The summed E-state index contributed by atoms with van der Waals surface area (Å²) in [6, 6.07) is 7.01. The summed E-state index contributed by atoms with van der Waals surface area (Å²) in [6.45, 7) is 1.21. The van der Waals surface area contributed by atoms with Crippen LogP contribution in [0.4, 0.5) is 0 Å². The molecule has 1 amide bonds. The van der Waals surface area contributed by atoms with Gasteiger partial charge in [-0.15, -0.1) is 0 Å². The molecule has 0 spiro atoms. The van der Waals surface area contributed by atoms with Gasteiger partial charge in [-0.1, -0.05) is 23.7 Å². The van der Waals surface area contributed by atoms with Crippen LogP contribution in [0.25, 0.3) is 0 Å². The Kier molecular flexibility index (Phi) is 3.79. The summed E-state index contributed by atoms with van der Waals surface area (Å²) >= 11 is 5.99. The van der Waals surface area contributed by atoms with E-state index in [2.05, 4.69) is 0 Å². The average Bonchev–Trinajstić information content (AvgIpc) is 2.38. The predicted octanol–water partition coefficient (Wildman–Crippen LogP) is 2.39. The highest BCUT2D eigenvalue weighted by atomic mass is 35.5. The molecule has 1 atom stereocenters. The molecule has 0 N–H and O–H groups in total. The van der Waals surface area contributed by atoms with E-state index in [1.165, 1.54) is 0 Å². The van der Waals surface area contributed by atoms with Crippen LogP contribution < -0.4 is 0 Å². The van der Waals surface area contributed by atoms with Crippen molar-refractivity contribution in [3.05, 3.63) is 34.9 Å². The van der Waals surface area contributed by atoms with E-state index < -0.39 is 0 Å². The Balaban J connectivity index is 2.15. The standard InChI is InChI=1S/C13H14ClNO2/c14-12-6-2-1-5-11(12)13(17)15-7-3-4-10(8-15)9-16/h1-2,5-6,9-10H,3-4,7-8H2. The molecular formula is C13H14ClNO2. The van der Waals surface area contributed by atoms with Gasteiger partial charge >= 0.3 is 0 Å². The molecule has 0 radical (unpaired) electrons. The summed E-state index contributed by atoms with van der Waals surface area (Å²) in [4.78, 5) is 24.7. The molecule has 0 bridgehead atoms. The zero-order valence-corrected chi connectivity index (χ0v) is 10.2. The van der Waals surface area contributed by atoms with Gasteiger partial charge in [0.25, 0.3) is 5.91 Å². The molecule has 1 saturated heterocycles. The number of benzene rings is 1. The first-order valence-electron chi connectivity index (χ1n) is 5.71. The van der Waals surface area contributed by atoms with Crippen LogP contribution in [-0.2, 0) is 4.79 Å². The Labute approximate surface area is 105 Å². The lowest BCUT2D eigenvalue weighted by Gasteiger charge is -2.30. The molecule has 0 saturated carbocycles. The smallest absolute Gasteiger partial charge is 0.255 e. The third-order valence-electron chi connectivity index (χ3n) is 3.04. The number of amides is 1. The lowest BCUT2D eigenvalue weighted by Crippen LogP contribution is -2.40. The summed E-state index contributed by atoms with van der Waals surface area (Å²) in [5.74, 6) is -0.114. The summed E-state index contributed by atoms with van der Waals surface area (Å²) < 4.78 is 0. The van der Waals surface area contributed by atoms with E-state index in [-0.39, 0.29) is 11.8 Å². The van der Waals surface area contributed by atoms with E-state index in [0.717, 1.165) is 19.1 Å². The first kappa shape index (κ1) is 12.1. The average molecular weight is 252 g/mol. The lowest BCUT2D eigenvalue weighted by atomic mass is 9.99. The van der Waals surface area contributed by atoms with Crippen LogP contribution in [0.15, 0.2) is 24.3 Å². The molecular weight excluding hydrogens is 238 g/mol. The predicted molar refractivity (Wildman–Crippen MR) is 66.1 cm³/mol. The molecule has 0 aromatic heterocycles. The van der Waals surface area contributed by atoms with Crippen molar-refractivity contribution in [2.24, 2.45) is 5.92 Å². The van der Waals surface area contributed by atoms with E-state index in [1.54, 1.807) is 29.2 Å². The van der Waals surface area contributed by atoms with Crippen molar-refractivity contribution in [1.29, 1.82) is 0 Å². The highest BCUT2D eigenvalue weighted by Crippen LogP contribution is 2.21. The molecule has 4 heteroatoms. The molecule has 1 aromatic rings. The van der Waals surface area contributed by atoms with Gasteiger partial charge in [-0.2, -0.15) is 0 Å². The molecule has 0 aliphatic carbocycles. The summed E-state index contributed by atoms with van der Waals surface area (Å²) in [5, 5.41) is 0.464. The molecule has 1 aliphatic rings. The van der Waals surface area contributed by atoms with Gasteiger partial charge in [0.1, 0.15) is 6.29 Å². The van der Waals surface area contributed by atoms with Gasteiger partial charge in [0.05, 0.1) is 10.6 Å². The second kappa shape index (κ2) is 5.32. The zero-order valence-electron chi connectivity index (χ0n) is 9.43. The second-order valence-electron chi connectivity index (χ2n) is 4.27. The minimum Gasteiger partial charge on any atom is -0.338 e. The quantitative estimate of drug-likeness (QED) is 0.757. The van der Waals surface area contributed by atoms with Crippen LogP contribution >= 0.6 is 11.6 Å². The number of hydrogen-bond acceptors (Lipinski definition) is 2. The number of likely N-dealkylation sites (tertiary alicyclic amines) is 1. The van der Waals surface area contributed by atoms with Crippen LogP contribution in [0.3, 0.4) is 0 Å². The van der Waals surface area contributed by atoms with Crippen molar-refractivity contribution in [3.63, 3.8) is 0 Å². The summed E-state index contributed by atoms with van der Waals surface area (Å²) in [5.41, 5.74) is 0.515. The topological polar surface area (TPSA) is 37.4 Å². The third-order valence-corrected chi connectivity index (χ3v) is 3.37. The maximum absolute atomic E-state index is 12.2. The fourth-order valence-electron chi connectivity index (χ4n) is 2.11. The van der Waals surface area contributed by atoms with Crippen LogP contribution in [0.1, 0.15) is 23.2 Å². The van der Waals surface area contributed by atoms with Crippen molar-refractivity contribution in [1.82, 2.24) is 4.90 Å². The molecule has 1 heterocycles. The molecule has 3 nitrogen and oxygen atoms in total. The number of hydrogen-bond donors (Lipinski definition) is 0. The Morgan fingerprint density at radius 3 is 2.88 bits per heavy atom. The van der Waals surface area contributed by atoms with E-state index >= 15 is 0 Å². The second-order valence-corrected chi connectivity index (χ2v) is 4.68. The number of carbonyl (C=O) groups is 2. The number of piperidine rings is 1. The van der Waals surface area contributed by atoms with Gasteiger partial charge in [0.15, 0.2) is 0 Å². The van der Waals surface area contributed by atoms with Crippen molar-refractivity contribution in [2.45, 2.75) is 12.8 Å². The largest absolute Gasteiger partial charge is 0.338 e. The molecule has 90 valence electrons. The van der Waals surface area contributed by atoms with Gasteiger partial charge in [0.2, 0.25) is 0 Å². The Hall–Kier alpha value is -1.35. The number of aldehydes is 1. The normalized spacial score (nSPS) is 20.1. The highest BCUT2D eigenvalue weighted by molar-refractivity contribution is 6.33. The SMILES string of the molecule is O=CC1CCCN(C(=O)c2ccccc2Cl)C1. The maximum atomic E-state index is 12.2. The van der Waals surface area contributed by atoms with Crippen LogP contribution in [0.5, 0.6) is 0 Å². The zero-order chi connectivity index (χ0) is 12.3. The summed E-state index contributed by atoms with van der Waals surface area (Å²) in [7, 11) is 0. The van der Waals surface area contributed by atoms with Crippen molar-refractivity contribution >= 4 is 23.8 Å². The fourth-order valence-corrected chi connectivity index (χ4v) is 2.33. The van der Waals surface area contributed by atoms with Crippen LogP contribution in [-0.4, -0.2) is 30.2 Å². The minimum atomic E-state index is -0.0813. The van der Waals surface area contributed by atoms with Gasteiger partial charge < -0.3 is 9.69 Å². The van der Waals surface area contributed by atoms with Crippen LogP contribution in [0, 0.1) is 5.92 Å². The van der Waals surface area contributed by atoms with Gasteiger partial charge in [-0.05, 0) is 25.0 Å². The molecule has 1 unspecified atom stereocenters. The highest BCUT2D eigenvalue weighted by Gasteiger charge is 2.24. The van der Waals surface area contributed by atoms with Crippen molar-refractivity contribution in [2.75, 3.05) is 13.1 Å². The number of carbonyl (C=O) groups excluding carboxylic acids is 2. The van der Waals surface area contributed by atoms with E-state index in [4.69, 9.17) is 11.6 Å². The molecule has 1 aromatic carbocycles. The minimum absolute atomic E-state index is 0.0322. The summed E-state index contributed by atoms with van der Waals surface area (Å²) in [6.07, 6.45) is 2.68. The van der Waals surface area contributed by atoms with E-state index in [0.29, 0.717) is 23.7 Å². The Bertz CT molecular complexity index is 433. The van der Waals surface area contributed by atoms with Crippen LogP contribution in [0.2, 0.25) is 5.02 Å². The van der Waals surface area contributed by atoms with Gasteiger partial charge in [0, 0.05) is 19.0 Å². The van der Waals surface area contributed by atoms with Gasteiger partial charge in [-0.25, -0.2) is 0 Å². The van der Waals surface area contributed by atoms with Gasteiger partial charge in [-0.3, -0.25) is 4.79 Å². The fraction of sp³-hybridized carbons (Fsp3) is 0.385. The molecule has 1 fully saturated rings. The third kappa shape index (κ3) is 2.67. The molecule has 17 heavy (non-hydrogen) atoms. The lowest BCUT2D eigenvalue weighted by molar-refractivity contribution is -0.112. The number of halogens is 1. The van der Waals surface area contributed by atoms with Crippen molar-refractivity contribution in [3.8, 4) is 0 Å².